The number of rotatable bonds is 34. The lowest BCUT2D eigenvalue weighted by Gasteiger charge is -2.10. The monoisotopic (exact) mass is 597 g/mol. The molecule has 0 aromatic heterocycles. The van der Waals surface area contributed by atoms with Crippen molar-refractivity contribution in [2.45, 2.75) is 213 Å². The van der Waals surface area contributed by atoms with E-state index in [-0.39, 0.29) is 18.0 Å². The highest BCUT2D eigenvalue weighted by molar-refractivity contribution is 5.69. The summed E-state index contributed by atoms with van der Waals surface area (Å²) < 4.78 is 10.6. The molecule has 42 heavy (non-hydrogen) atoms. The molecule has 0 aromatic rings. The van der Waals surface area contributed by atoms with Crippen molar-refractivity contribution in [1.29, 1.82) is 0 Å². The van der Waals surface area contributed by atoms with Crippen LogP contribution >= 0.6 is 0 Å². The van der Waals surface area contributed by atoms with Crippen LogP contribution in [0.5, 0.6) is 0 Å². The van der Waals surface area contributed by atoms with Crippen LogP contribution < -0.4 is 0 Å². The molecular formula is C37H72O5. The molecule has 0 unspecified atom stereocenters. The molecule has 0 saturated heterocycles. The first-order valence-electron chi connectivity index (χ1n) is 18.6. The van der Waals surface area contributed by atoms with Gasteiger partial charge in [0.15, 0.2) is 0 Å². The van der Waals surface area contributed by atoms with E-state index in [1.54, 1.807) is 0 Å². The second-order valence-corrected chi connectivity index (χ2v) is 12.7. The fourth-order valence-corrected chi connectivity index (χ4v) is 5.49. The highest BCUT2D eigenvalue weighted by Gasteiger charge is 2.05. The molecule has 0 spiro atoms. The molecule has 5 nitrogen and oxygen atoms in total. The summed E-state index contributed by atoms with van der Waals surface area (Å²) in [5, 5.41) is 10.3. The Labute approximate surface area is 261 Å². The molecule has 5 heteroatoms. The average molecular weight is 597 g/mol. The number of esters is 2. The molecule has 0 saturated carbocycles. The van der Waals surface area contributed by atoms with E-state index >= 15 is 0 Å². The molecule has 1 N–H and O–H groups in total. The molecule has 0 aliphatic carbocycles. The second kappa shape index (κ2) is 34.4. The molecule has 0 amide bonds. The summed E-state index contributed by atoms with van der Waals surface area (Å²) in [6.45, 7) is 5.57. The van der Waals surface area contributed by atoms with E-state index in [0.29, 0.717) is 26.1 Å². The van der Waals surface area contributed by atoms with Crippen LogP contribution in [0.4, 0.5) is 0 Å². The summed E-state index contributed by atoms with van der Waals surface area (Å²) in [5.74, 6) is -0.0339. The third-order valence-corrected chi connectivity index (χ3v) is 8.36. The molecule has 0 fully saturated rings. The Morgan fingerprint density at radius 2 is 0.714 bits per heavy atom. The lowest BCUT2D eigenvalue weighted by Crippen LogP contribution is -2.06. The van der Waals surface area contributed by atoms with Crippen molar-refractivity contribution >= 4 is 11.9 Å². The summed E-state index contributed by atoms with van der Waals surface area (Å²) >= 11 is 0. The van der Waals surface area contributed by atoms with Gasteiger partial charge in [0.05, 0.1) is 19.3 Å². The summed E-state index contributed by atoms with van der Waals surface area (Å²) in [6, 6.07) is 0. The molecule has 0 rings (SSSR count). The van der Waals surface area contributed by atoms with Gasteiger partial charge in [0.1, 0.15) is 0 Å². The van der Waals surface area contributed by atoms with E-state index in [9.17, 15) is 14.7 Å². The lowest BCUT2D eigenvalue weighted by molar-refractivity contribution is -0.144. The topological polar surface area (TPSA) is 72.8 Å². The van der Waals surface area contributed by atoms with Crippen molar-refractivity contribution in [3.63, 3.8) is 0 Å². The minimum atomic E-state index is -0.115. The Morgan fingerprint density at radius 3 is 1.05 bits per heavy atom. The Kier molecular flexibility index (Phi) is 33.5. The summed E-state index contributed by atoms with van der Waals surface area (Å²) in [7, 11) is 0. The van der Waals surface area contributed by atoms with E-state index in [2.05, 4.69) is 13.8 Å². The number of hydrogen-bond donors (Lipinski definition) is 1. The summed E-state index contributed by atoms with van der Waals surface area (Å²) in [4.78, 5) is 23.4. The Bertz CT molecular complexity index is 516. The van der Waals surface area contributed by atoms with Crippen LogP contribution in [0.25, 0.3) is 0 Å². The van der Waals surface area contributed by atoms with Crippen molar-refractivity contribution in [2.75, 3.05) is 13.2 Å². The maximum absolute atomic E-state index is 11.7. The Morgan fingerprint density at radius 1 is 0.429 bits per heavy atom. The van der Waals surface area contributed by atoms with Crippen LogP contribution in [0.1, 0.15) is 206 Å². The fourth-order valence-electron chi connectivity index (χ4n) is 5.49. The first-order valence-corrected chi connectivity index (χ1v) is 18.6. The predicted molar refractivity (Wildman–Crippen MR) is 178 cm³/mol. The van der Waals surface area contributed by atoms with Gasteiger partial charge >= 0.3 is 11.9 Å². The lowest BCUT2D eigenvalue weighted by atomic mass is 10.0. The summed E-state index contributed by atoms with van der Waals surface area (Å²) in [6.07, 6.45) is 33.9. The number of unbranched alkanes of at least 4 members (excludes halogenated alkanes) is 22. The Hall–Kier alpha value is -1.10. The van der Waals surface area contributed by atoms with Gasteiger partial charge < -0.3 is 14.6 Å². The first-order chi connectivity index (χ1) is 20.6. The molecule has 0 heterocycles. The maximum Gasteiger partial charge on any atom is 0.305 e. The fraction of sp³-hybridized carbons (Fsp3) is 0.946. The van der Waals surface area contributed by atoms with Gasteiger partial charge in [-0.1, -0.05) is 155 Å². The minimum Gasteiger partial charge on any atom is -0.466 e. The van der Waals surface area contributed by atoms with Crippen molar-refractivity contribution in [1.82, 2.24) is 0 Å². The van der Waals surface area contributed by atoms with Gasteiger partial charge in [-0.05, 0) is 38.5 Å². The van der Waals surface area contributed by atoms with Crippen LogP contribution in [-0.2, 0) is 19.1 Å². The van der Waals surface area contributed by atoms with Crippen LogP contribution in [0, 0.1) is 0 Å². The number of ether oxygens (including phenoxy) is 2. The van der Waals surface area contributed by atoms with Crippen LogP contribution in [-0.4, -0.2) is 36.4 Å². The average Bonchev–Trinajstić information content (AvgIpc) is 2.98. The van der Waals surface area contributed by atoms with Crippen molar-refractivity contribution in [3.8, 4) is 0 Å². The Balaban J connectivity index is 3.26. The first kappa shape index (κ1) is 40.9. The van der Waals surface area contributed by atoms with E-state index in [0.717, 1.165) is 77.0 Å². The van der Waals surface area contributed by atoms with Gasteiger partial charge in [0, 0.05) is 12.8 Å². The van der Waals surface area contributed by atoms with Gasteiger partial charge in [-0.3, -0.25) is 9.59 Å². The SMILES string of the molecule is CCCCCCOC(=O)CCCCCCCCCCCC(O)CCCCCCCCCCCC(=O)OCCCCCC. The molecule has 0 atom stereocenters. The van der Waals surface area contributed by atoms with E-state index < -0.39 is 0 Å². The molecule has 0 bridgehead atoms. The van der Waals surface area contributed by atoms with E-state index in [1.807, 2.05) is 0 Å². The molecule has 0 aromatic carbocycles. The smallest absolute Gasteiger partial charge is 0.305 e. The zero-order valence-electron chi connectivity index (χ0n) is 28.3. The van der Waals surface area contributed by atoms with E-state index in [4.69, 9.17) is 9.47 Å². The molecule has 250 valence electrons. The second-order valence-electron chi connectivity index (χ2n) is 12.7. The quantitative estimate of drug-likeness (QED) is 0.0591. The molecular weight excluding hydrogens is 524 g/mol. The maximum atomic E-state index is 11.7. The van der Waals surface area contributed by atoms with Gasteiger partial charge in [0.25, 0.3) is 0 Å². The van der Waals surface area contributed by atoms with Crippen LogP contribution in [0.15, 0.2) is 0 Å². The highest BCUT2D eigenvalue weighted by atomic mass is 16.5. The van der Waals surface area contributed by atoms with Gasteiger partial charge in [-0.2, -0.15) is 0 Å². The number of carbonyl (C=O) groups excluding carboxylic acids is 2. The minimum absolute atomic E-state index is 0.0169. The zero-order valence-corrected chi connectivity index (χ0v) is 28.3. The van der Waals surface area contributed by atoms with Crippen molar-refractivity contribution in [2.24, 2.45) is 0 Å². The van der Waals surface area contributed by atoms with E-state index in [1.165, 1.54) is 103 Å². The summed E-state index contributed by atoms with van der Waals surface area (Å²) in [5.41, 5.74) is 0. The van der Waals surface area contributed by atoms with Gasteiger partial charge in [-0.15, -0.1) is 0 Å². The highest BCUT2D eigenvalue weighted by Crippen LogP contribution is 2.16. The van der Waals surface area contributed by atoms with Crippen LogP contribution in [0.2, 0.25) is 0 Å². The molecule has 0 radical (unpaired) electrons. The molecule has 0 aliphatic heterocycles. The third-order valence-electron chi connectivity index (χ3n) is 8.36. The largest absolute Gasteiger partial charge is 0.466 e. The number of hydrogen-bond acceptors (Lipinski definition) is 5. The van der Waals surface area contributed by atoms with Crippen molar-refractivity contribution in [3.05, 3.63) is 0 Å². The molecule has 0 aliphatic rings. The zero-order chi connectivity index (χ0) is 30.8. The normalized spacial score (nSPS) is 11.3. The van der Waals surface area contributed by atoms with Gasteiger partial charge in [-0.25, -0.2) is 0 Å². The standard InChI is InChI=1S/C37H72O5/c1-3-5-7-27-33-41-36(39)31-25-21-17-13-9-11-15-19-23-29-35(38)30-24-20-16-12-10-14-18-22-26-32-37(40)42-34-28-8-6-4-2/h35,38H,3-34H2,1-2H3. The number of aliphatic hydroxyl groups excluding tert-OH is 1. The van der Waals surface area contributed by atoms with Crippen molar-refractivity contribution < 1.29 is 24.2 Å². The number of aliphatic hydroxyl groups is 1. The van der Waals surface area contributed by atoms with Crippen LogP contribution in [0.3, 0.4) is 0 Å². The predicted octanol–water partition coefficient (Wildman–Crippen LogP) is 11.2. The number of carbonyl (C=O) groups is 2. The van der Waals surface area contributed by atoms with Gasteiger partial charge in [0.2, 0.25) is 0 Å². The third kappa shape index (κ3) is 33.4.